The van der Waals surface area contributed by atoms with Gasteiger partial charge in [-0.15, -0.1) is 0 Å². The fourth-order valence-corrected chi connectivity index (χ4v) is 1.57. The van der Waals surface area contributed by atoms with Gasteiger partial charge in [0.05, 0.1) is 6.61 Å². The van der Waals surface area contributed by atoms with Crippen molar-refractivity contribution >= 4 is 5.69 Å². The Hall–Kier alpha value is -2.30. The zero-order valence-corrected chi connectivity index (χ0v) is 10.3. The molecule has 0 aliphatic heterocycles. The Morgan fingerprint density at radius 2 is 1.53 bits per heavy atom. The van der Waals surface area contributed by atoms with Crippen molar-refractivity contribution in [3.8, 4) is 17.2 Å². The molecule has 0 atom stereocenters. The third-order valence-corrected chi connectivity index (χ3v) is 2.38. The van der Waals surface area contributed by atoms with Crippen LogP contribution in [0.15, 0.2) is 36.4 Å². The number of hydrogen-bond donors (Lipinski definition) is 1. The number of nitrogens with two attached hydrogens (primary N) is 1. The molecule has 0 amide bonds. The van der Waals surface area contributed by atoms with Crippen molar-refractivity contribution in [1.29, 1.82) is 0 Å². The van der Waals surface area contributed by atoms with Crippen molar-refractivity contribution in [2.75, 3.05) is 12.3 Å². The van der Waals surface area contributed by atoms with E-state index >= 15 is 0 Å². The van der Waals surface area contributed by atoms with Gasteiger partial charge in [0.15, 0.2) is 17.4 Å². The summed E-state index contributed by atoms with van der Waals surface area (Å²) in [6.45, 7) is 2.41. The number of nitrogen functional groups attached to an aromatic ring is 1. The molecule has 3 nitrogen and oxygen atoms in total. The zero-order valence-electron chi connectivity index (χ0n) is 10.3. The average Bonchev–Trinajstić information content (AvgIpc) is 2.36. The van der Waals surface area contributed by atoms with E-state index in [-0.39, 0.29) is 5.69 Å². The van der Waals surface area contributed by atoms with Crippen molar-refractivity contribution in [3.63, 3.8) is 0 Å². The fraction of sp³-hybridized carbons (Fsp3) is 0.143. The van der Waals surface area contributed by atoms with Crippen LogP contribution < -0.4 is 15.2 Å². The van der Waals surface area contributed by atoms with E-state index in [9.17, 15) is 8.78 Å². The van der Waals surface area contributed by atoms with Gasteiger partial charge in [0.1, 0.15) is 11.5 Å². The summed E-state index contributed by atoms with van der Waals surface area (Å²) in [6, 6.07) is 8.47. The van der Waals surface area contributed by atoms with Crippen LogP contribution in [0.3, 0.4) is 0 Å². The van der Waals surface area contributed by atoms with Crippen LogP contribution in [0.5, 0.6) is 17.2 Å². The van der Waals surface area contributed by atoms with Crippen LogP contribution in [-0.4, -0.2) is 6.61 Å². The lowest BCUT2D eigenvalue weighted by molar-refractivity contribution is 0.339. The van der Waals surface area contributed by atoms with Crippen LogP contribution in [0, 0.1) is 11.6 Å². The van der Waals surface area contributed by atoms with Crippen molar-refractivity contribution in [2.45, 2.75) is 6.92 Å². The lowest BCUT2D eigenvalue weighted by atomic mass is 10.2. The predicted octanol–water partition coefficient (Wildman–Crippen LogP) is 3.74. The molecule has 0 spiro atoms. The molecule has 0 heterocycles. The van der Waals surface area contributed by atoms with E-state index in [2.05, 4.69) is 0 Å². The second-order valence-corrected chi connectivity index (χ2v) is 3.82. The van der Waals surface area contributed by atoms with Crippen molar-refractivity contribution < 1.29 is 18.3 Å². The van der Waals surface area contributed by atoms with Crippen LogP contribution >= 0.6 is 0 Å². The van der Waals surface area contributed by atoms with E-state index in [1.165, 1.54) is 0 Å². The summed E-state index contributed by atoms with van der Waals surface area (Å²) < 4.78 is 37.5. The van der Waals surface area contributed by atoms with Crippen LogP contribution in [-0.2, 0) is 0 Å². The van der Waals surface area contributed by atoms with Gasteiger partial charge in [0, 0.05) is 17.8 Å². The molecule has 0 aliphatic rings. The summed E-state index contributed by atoms with van der Waals surface area (Å²) >= 11 is 0. The summed E-state index contributed by atoms with van der Waals surface area (Å²) in [7, 11) is 0. The second kappa shape index (κ2) is 5.56. The lowest BCUT2D eigenvalue weighted by Crippen LogP contribution is -1.96. The summed E-state index contributed by atoms with van der Waals surface area (Å²) in [6.07, 6.45) is 0. The Morgan fingerprint density at radius 3 is 2.05 bits per heavy atom. The molecule has 0 saturated carbocycles. The highest BCUT2D eigenvalue weighted by atomic mass is 19.1. The second-order valence-electron chi connectivity index (χ2n) is 3.82. The maximum absolute atomic E-state index is 13.5. The maximum atomic E-state index is 13.5. The zero-order chi connectivity index (χ0) is 13.8. The van der Waals surface area contributed by atoms with Crippen molar-refractivity contribution in [1.82, 2.24) is 0 Å². The van der Waals surface area contributed by atoms with E-state index in [1.807, 2.05) is 6.92 Å². The number of rotatable bonds is 4. The first-order chi connectivity index (χ1) is 9.10. The third kappa shape index (κ3) is 3.13. The molecule has 5 heteroatoms. The minimum absolute atomic E-state index is 0.00837. The minimum Gasteiger partial charge on any atom is -0.494 e. The van der Waals surface area contributed by atoms with Crippen LogP contribution in [0.2, 0.25) is 0 Å². The quantitative estimate of drug-likeness (QED) is 0.856. The van der Waals surface area contributed by atoms with E-state index in [4.69, 9.17) is 15.2 Å². The van der Waals surface area contributed by atoms with Gasteiger partial charge >= 0.3 is 0 Å². The molecule has 0 aliphatic carbocycles. The van der Waals surface area contributed by atoms with Gasteiger partial charge in [-0.3, -0.25) is 0 Å². The lowest BCUT2D eigenvalue weighted by Gasteiger charge is -2.09. The van der Waals surface area contributed by atoms with Gasteiger partial charge < -0.3 is 15.2 Å². The first-order valence-corrected chi connectivity index (χ1v) is 5.75. The molecule has 0 unspecified atom stereocenters. The van der Waals surface area contributed by atoms with Gasteiger partial charge in [-0.1, -0.05) is 0 Å². The molecule has 0 saturated heterocycles. The Kier molecular flexibility index (Phi) is 3.85. The van der Waals surface area contributed by atoms with E-state index < -0.39 is 17.4 Å². The maximum Gasteiger partial charge on any atom is 0.198 e. The number of hydrogen-bond acceptors (Lipinski definition) is 3. The molecule has 0 bridgehead atoms. The summed E-state index contributed by atoms with van der Waals surface area (Å²) in [5.74, 6) is -1.18. The van der Waals surface area contributed by atoms with Gasteiger partial charge in [-0.2, -0.15) is 0 Å². The minimum atomic E-state index is -0.841. The molecular weight excluding hydrogens is 252 g/mol. The molecule has 2 aromatic carbocycles. The SMILES string of the molecule is CCOc1ccc(Oc2c(F)cc(N)cc2F)cc1. The molecule has 2 rings (SSSR count). The van der Waals surface area contributed by atoms with Gasteiger partial charge in [0.2, 0.25) is 0 Å². The molecule has 2 N–H and O–H groups in total. The molecule has 2 aromatic rings. The predicted molar refractivity (Wildman–Crippen MR) is 68.5 cm³/mol. The van der Waals surface area contributed by atoms with Gasteiger partial charge in [-0.05, 0) is 31.2 Å². The molecule has 0 aromatic heterocycles. The largest absolute Gasteiger partial charge is 0.494 e. The molecule has 0 radical (unpaired) electrons. The fourth-order valence-electron chi connectivity index (χ4n) is 1.57. The summed E-state index contributed by atoms with van der Waals surface area (Å²) in [5, 5.41) is 0. The standard InChI is InChI=1S/C14H13F2NO2/c1-2-18-10-3-5-11(6-4-10)19-14-12(15)7-9(17)8-13(14)16/h3-8H,2,17H2,1H3. The van der Waals surface area contributed by atoms with Gasteiger partial charge in [-0.25, -0.2) is 8.78 Å². The molecule has 0 fully saturated rings. The third-order valence-electron chi connectivity index (χ3n) is 2.38. The number of halogens is 2. The van der Waals surface area contributed by atoms with Crippen LogP contribution in [0.4, 0.5) is 14.5 Å². The van der Waals surface area contributed by atoms with E-state index in [0.717, 1.165) is 12.1 Å². The normalized spacial score (nSPS) is 10.3. The molecule has 100 valence electrons. The Bertz CT molecular complexity index is 547. The van der Waals surface area contributed by atoms with E-state index in [0.29, 0.717) is 18.1 Å². The average molecular weight is 265 g/mol. The Labute approximate surface area is 109 Å². The smallest absolute Gasteiger partial charge is 0.198 e. The highest BCUT2D eigenvalue weighted by molar-refractivity contribution is 5.45. The summed E-state index contributed by atoms with van der Waals surface area (Å²) in [5.41, 5.74) is 5.33. The highest BCUT2D eigenvalue weighted by Gasteiger charge is 2.12. The Balaban J connectivity index is 2.21. The van der Waals surface area contributed by atoms with Crippen molar-refractivity contribution in [2.24, 2.45) is 0 Å². The first-order valence-electron chi connectivity index (χ1n) is 5.75. The monoisotopic (exact) mass is 265 g/mol. The van der Waals surface area contributed by atoms with Crippen LogP contribution in [0.25, 0.3) is 0 Å². The number of ether oxygens (including phenoxy) is 2. The highest BCUT2D eigenvalue weighted by Crippen LogP contribution is 2.30. The van der Waals surface area contributed by atoms with Gasteiger partial charge in [0.25, 0.3) is 0 Å². The molecular formula is C14H13F2NO2. The first kappa shape index (κ1) is 13.1. The Morgan fingerprint density at radius 1 is 1.00 bits per heavy atom. The van der Waals surface area contributed by atoms with Crippen LogP contribution in [0.1, 0.15) is 6.92 Å². The summed E-state index contributed by atoms with van der Waals surface area (Å²) in [4.78, 5) is 0. The molecule has 19 heavy (non-hydrogen) atoms. The van der Waals surface area contributed by atoms with E-state index in [1.54, 1.807) is 24.3 Å². The number of anilines is 1. The number of benzene rings is 2. The van der Waals surface area contributed by atoms with Crippen molar-refractivity contribution in [3.05, 3.63) is 48.0 Å². The topological polar surface area (TPSA) is 44.5 Å².